The van der Waals surface area contributed by atoms with E-state index in [9.17, 15) is 24.2 Å². The average Bonchev–Trinajstić information content (AvgIpc) is 2.86. The molecular weight excluding hydrogens is 477 g/mol. The van der Waals surface area contributed by atoms with E-state index >= 15 is 0 Å². The number of pyridine rings is 1. The molecule has 0 aliphatic rings. The first-order valence-corrected chi connectivity index (χ1v) is 11.4. The van der Waals surface area contributed by atoms with Crippen LogP contribution in [0, 0.1) is 5.82 Å². The topological polar surface area (TPSA) is 112 Å². The van der Waals surface area contributed by atoms with Crippen LogP contribution in [-0.2, 0) is 16.0 Å². The molecule has 10 heteroatoms. The molecule has 1 heterocycles. The SMILES string of the molecule is CN(C(=O)CCc1cccc(F)c1Cl)[C@H](COC(=O)Nc1cc2ccccc2cn1)CC(O)CO. The Balaban J connectivity index is 1.59. The molecule has 3 rings (SSSR count). The van der Waals surface area contributed by atoms with Gasteiger partial charge in [-0.25, -0.2) is 14.2 Å². The number of aromatic nitrogens is 1. The Morgan fingerprint density at radius 2 is 1.94 bits per heavy atom. The maximum Gasteiger partial charge on any atom is 0.412 e. The molecule has 2 atom stereocenters. The molecule has 3 aromatic rings. The number of carbonyl (C=O) groups is 2. The van der Waals surface area contributed by atoms with Crippen LogP contribution < -0.4 is 5.32 Å². The largest absolute Gasteiger partial charge is 0.447 e. The van der Waals surface area contributed by atoms with Gasteiger partial charge in [-0.2, -0.15) is 0 Å². The maximum atomic E-state index is 13.6. The number of hydrogen-bond acceptors (Lipinski definition) is 6. The van der Waals surface area contributed by atoms with E-state index in [-0.39, 0.29) is 36.8 Å². The molecule has 1 aromatic heterocycles. The van der Waals surface area contributed by atoms with Gasteiger partial charge in [0.05, 0.1) is 23.8 Å². The Morgan fingerprint density at radius 1 is 1.20 bits per heavy atom. The van der Waals surface area contributed by atoms with Crippen molar-refractivity contribution in [2.45, 2.75) is 31.4 Å². The number of anilines is 1. The van der Waals surface area contributed by atoms with Gasteiger partial charge >= 0.3 is 6.09 Å². The standard InChI is InChI=1S/C25H27ClFN3O5/c1-30(23(33)10-9-16-7-4-8-21(27)24(16)26)19(12-20(32)14-31)15-35-25(34)29-22-11-17-5-2-3-6-18(17)13-28-22/h2-8,11,13,19-20,31-32H,9-10,12,14-15H2,1H3,(H,28,29,34)/t19-,20?/m0/s1. The van der Waals surface area contributed by atoms with Gasteiger partial charge in [0, 0.05) is 25.1 Å². The minimum atomic E-state index is -1.11. The smallest absolute Gasteiger partial charge is 0.412 e. The highest BCUT2D eigenvalue weighted by molar-refractivity contribution is 6.31. The number of aliphatic hydroxyl groups is 2. The predicted octanol–water partition coefficient (Wildman–Crippen LogP) is 3.78. The number of nitrogens with zero attached hydrogens (tertiary/aromatic N) is 2. The van der Waals surface area contributed by atoms with Crippen molar-refractivity contribution >= 4 is 40.2 Å². The zero-order valence-corrected chi connectivity index (χ0v) is 19.9. The van der Waals surface area contributed by atoms with E-state index in [1.54, 1.807) is 18.3 Å². The number of amides is 2. The number of hydrogen-bond donors (Lipinski definition) is 3. The molecule has 0 aliphatic carbocycles. The Morgan fingerprint density at radius 3 is 2.69 bits per heavy atom. The fourth-order valence-electron chi connectivity index (χ4n) is 3.55. The molecule has 35 heavy (non-hydrogen) atoms. The molecule has 2 amide bonds. The highest BCUT2D eigenvalue weighted by atomic mass is 35.5. The van der Waals surface area contributed by atoms with E-state index in [4.69, 9.17) is 16.3 Å². The summed E-state index contributed by atoms with van der Waals surface area (Å²) in [5.41, 5.74) is 0.499. The van der Waals surface area contributed by atoms with Gasteiger partial charge in [-0.05, 0) is 35.9 Å². The van der Waals surface area contributed by atoms with Crippen molar-refractivity contribution in [3.05, 3.63) is 71.1 Å². The number of benzene rings is 2. The van der Waals surface area contributed by atoms with E-state index in [1.807, 2.05) is 24.3 Å². The molecule has 3 N–H and O–H groups in total. The van der Waals surface area contributed by atoms with Crippen LogP contribution in [0.3, 0.4) is 0 Å². The lowest BCUT2D eigenvalue weighted by Gasteiger charge is -2.29. The van der Waals surface area contributed by atoms with Crippen LogP contribution in [0.5, 0.6) is 0 Å². The third kappa shape index (κ3) is 7.35. The number of nitrogens with one attached hydrogen (secondary N) is 1. The lowest BCUT2D eigenvalue weighted by Crippen LogP contribution is -2.43. The Hall–Kier alpha value is -3.27. The zero-order chi connectivity index (χ0) is 25.4. The number of ether oxygens (including phenoxy) is 1. The van der Waals surface area contributed by atoms with Crippen LogP contribution in [0.4, 0.5) is 15.0 Å². The highest BCUT2D eigenvalue weighted by Gasteiger charge is 2.24. The van der Waals surface area contributed by atoms with Crippen LogP contribution in [0.1, 0.15) is 18.4 Å². The van der Waals surface area contributed by atoms with Crippen LogP contribution in [0.25, 0.3) is 10.8 Å². The third-order valence-corrected chi connectivity index (χ3v) is 6.03. The van der Waals surface area contributed by atoms with Gasteiger partial charge in [-0.1, -0.05) is 48.0 Å². The quantitative estimate of drug-likeness (QED) is 0.388. The summed E-state index contributed by atoms with van der Waals surface area (Å²) in [6.07, 6.45) is -0.0305. The first-order chi connectivity index (χ1) is 16.8. The highest BCUT2D eigenvalue weighted by Crippen LogP contribution is 2.22. The fraction of sp³-hybridized carbons (Fsp3) is 0.320. The van der Waals surface area contributed by atoms with Crippen molar-refractivity contribution < 1.29 is 28.9 Å². The van der Waals surface area contributed by atoms with Crippen molar-refractivity contribution in [1.29, 1.82) is 0 Å². The van der Waals surface area contributed by atoms with E-state index in [0.29, 0.717) is 11.4 Å². The van der Waals surface area contributed by atoms with Gasteiger partial charge in [0.25, 0.3) is 0 Å². The third-order valence-electron chi connectivity index (χ3n) is 5.60. The summed E-state index contributed by atoms with van der Waals surface area (Å²) in [4.78, 5) is 30.6. The number of aryl methyl sites for hydroxylation is 1. The first kappa shape index (κ1) is 26.3. The lowest BCUT2D eigenvalue weighted by molar-refractivity contribution is -0.133. The van der Waals surface area contributed by atoms with Crippen molar-refractivity contribution in [3.63, 3.8) is 0 Å². The Labute approximate surface area is 207 Å². The summed E-state index contributed by atoms with van der Waals surface area (Å²) in [5.74, 6) is -0.577. The van der Waals surface area contributed by atoms with Gasteiger partial charge in [-0.15, -0.1) is 0 Å². The summed E-state index contributed by atoms with van der Waals surface area (Å²) in [6.45, 7) is -0.732. The predicted molar refractivity (Wildman–Crippen MR) is 131 cm³/mol. The van der Waals surface area contributed by atoms with E-state index in [2.05, 4.69) is 10.3 Å². The second kappa shape index (κ2) is 12.4. The van der Waals surface area contributed by atoms with Crippen molar-refractivity contribution in [2.75, 3.05) is 25.6 Å². The van der Waals surface area contributed by atoms with Crippen molar-refractivity contribution in [2.24, 2.45) is 0 Å². The fourth-order valence-corrected chi connectivity index (χ4v) is 3.77. The maximum absolute atomic E-state index is 13.6. The Bertz CT molecular complexity index is 1180. The van der Waals surface area contributed by atoms with Crippen LogP contribution in [-0.4, -0.2) is 64.5 Å². The Kier molecular flexibility index (Phi) is 9.36. The summed E-state index contributed by atoms with van der Waals surface area (Å²) in [6, 6.07) is 12.9. The monoisotopic (exact) mass is 503 g/mol. The second-order valence-electron chi connectivity index (χ2n) is 8.08. The molecule has 0 saturated heterocycles. The summed E-state index contributed by atoms with van der Waals surface area (Å²) in [7, 11) is 1.51. The number of aliphatic hydroxyl groups excluding tert-OH is 2. The minimum Gasteiger partial charge on any atom is -0.447 e. The average molecular weight is 504 g/mol. The van der Waals surface area contributed by atoms with Crippen LogP contribution in [0.15, 0.2) is 54.7 Å². The van der Waals surface area contributed by atoms with Crippen molar-refractivity contribution in [1.82, 2.24) is 9.88 Å². The molecule has 0 spiro atoms. The van der Waals surface area contributed by atoms with Gasteiger partial charge in [0.15, 0.2) is 0 Å². The van der Waals surface area contributed by atoms with Gasteiger partial charge in [-0.3, -0.25) is 10.1 Å². The summed E-state index contributed by atoms with van der Waals surface area (Å²) < 4.78 is 18.9. The molecular formula is C25H27ClFN3O5. The van der Waals surface area contributed by atoms with Crippen molar-refractivity contribution in [3.8, 4) is 0 Å². The molecule has 0 bridgehead atoms. The molecule has 0 fully saturated rings. The normalized spacial score (nSPS) is 12.7. The zero-order valence-electron chi connectivity index (χ0n) is 19.2. The molecule has 0 saturated carbocycles. The number of carbonyl (C=O) groups excluding carboxylic acids is 2. The minimum absolute atomic E-state index is 0.0129. The number of likely N-dealkylation sites (N-methyl/N-ethyl adjacent to an activating group) is 1. The van der Waals surface area contributed by atoms with E-state index < -0.39 is 30.7 Å². The van der Waals surface area contributed by atoms with E-state index in [1.165, 1.54) is 24.1 Å². The molecule has 0 radical (unpaired) electrons. The first-order valence-electron chi connectivity index (χ1n) is 11.0. The molecule has 0 aliphatic heterocycles. The molecule has 1 unspecified atom stereocenters. The molecule has 2 aromatic carbocycles. The summed E-state index contributed by atoms with van der Waals surface area (Å²) >= 11 is 5.96. The second-order valence-corrected chi connectivity index (χ2v) is 8.46. The molecule has 8 nitrogen and oxygen atoms in total. The van der Waals surface area contributed by atoms with Crippen LogP contribution in [0.2, 0.25) is 5.02 Å². The number of halogens is 2. The van der Waals surface area contributed by atoms with Crippen LogP contribution >= 0.6 is 11.6 Å². The van der Waals surface area contributed by atoms with Gasteiger partial charge < -0.3 is 19.8 Å². The lowest BCUT2D eigenvalue weighted by atomic mass is 10.1. The van der Waals surface area contributed by atoms with Gasteiger partial charge in [0.1, 0.15) is 18.2 Å². The number of rotatable bonds is 10. The van der Waals surface area contributed by atoms with E-state index in [0.717, 1.165) is 10.8 Å². The molecule has 186 valence electrons. The van der Waals surface area contributed by atoms with Gasteiger partial charge in [0.2, 0.25) is 5.91 Å². The summed E-state index contributed by atoms with van der Waals surface area (Å²) in [5, 5.41) is 23.5. The number of fused-ring (bicyclic) bond motifs is 1.